The fourth-order valence-electron chi connectivity index (χ4n) is 1.68. The van der Waals surface area contributed by atoms with Gasteiger partial charge in [-0.2, -0.15) is 0 Å². The number of nitrogens with two attached hydrogens (primary N) is 1. The lowest BCUT2D eigenvalue weighted by Gasteiger charge is -2.20. The van der Waals surface area contributed by atoms with E-state index in [-0.39, 0.29) is 23.8 Å². The Morgan fingerprint density at radius 2 is 2.18 bits per heavy atom. The average molecular weight is 238 g/mol. The number of benzene rings is 1. The van der Waals surface area contributed by atoms with E-state index in [9.17, 15) is 9.18 Å². The van der Waals surface area contributed by atoms with E-state index in [1.165, 1.54) is 6.07 Å². The Labute approximate surface area is 101 Å². The number of aryl methyl sites for hydroxylation is 1. The molecule has 1 rings (SSSR count). The summed E-state index contributed by atoms with van der Waals surface area (Å²) in [6.45, 7) is 5.48. The van der Waals surface area contributed by atoms with E-state index in [4.69, 9.17) is 5.73 Å². The zero-order valence-electron chi connectivity index (χ0n) is 10.5. The average Bonchev–Trinajstić information content (AvgIpc) is 2.28. The van der Waals surface area contributed by atoms with Gasteiger partial charge in [-0.3, -0.25) is 10.1 Å². The predicted octanol–water partition coefficient (Wildman–Crippen LogP) is 2.05. The maximum absolute atomic E-state index is 13.4. The smallest absolute Gasteiger partial charge is 0.234 e. The number of halogens is 1. The number of amides is 1. The molecular formula is C13H19FN2O. The van der Waals surface area contributed by atoms with Gasteiger partial charge in [-0.15, -0.1) is 0 Å². The third-order valence-electron chi connectivity index (χ3n) is 2.90. The van der Waals surface area contributed by atoms with Crippen molar-refractivity contribution in [1.82, 2.24) is 5.32 Å². The quantitative estimate of drug-likeness (QED) is 0.825. The molecule has 17 heavy (non-hydrogen) atoms. The largest absolute Gasteiger partial charge is 0.368 e. The van der Waals surface area contributed by atoms with Gasteiger partial charge in [0.25, 0.3) is 0 Å². The Bertz CT molecular complexity index is 406. The first-order valence-corrected chi connectivity index (χ1v) is 5.77. The Hall–Kier alpha value is -1.42. The van der Waals surface area contributed by atoms with E-state index >= 15 is 0 Å². The van der Waals surface area contributed by atoms with Crippen LogP contribution in [0.3, 0.4) is 0 Å². The van der Waals surface area contributed by atoms with Crippen LogP contribution in [0, 0.1) is 12.7 Å². The molecule has 0 saturated heterocycles. The molecule has 0 radical (unpaired) electrons. The van der Waals surface area contributed by atoms with Gasteiger partial charge in [0, 0.05) is 6.04 Å². The SMILES string of the molecule is CCC(NC(C)c1ccc(C)c(F)c1)C(N)=O. The number of nitrogens with one attached hydrogen (secondary N) is 1. The van der Waals surface area contributed by atoms with E-state index in [0.717, 1.165) is 5.56 Å². The van der Waals surface area contributed by atoms with Gasteiger partial charge >= 0.3 is 0 Å². The molecule has 0 aliphatic rings. The van der Waals surface area contributed by atoms with E-state index in [1.807, 2.05) is 19.9 Å². The van der Waals surface area contributed by atoms with E-state index in [2.05, 4.69) is 5.32 Å². The summed E-state index contributed by atoms with van der Waals surface area (Å²) in [5.74, 6) is -0.616. The summed E-state index contributed by atoms with van der Waals surface area (Å²) in [4.78, 5) is 11.1. The van der Waals surface area contributed by atoms with Crippen LogP contribution >= 0.6 is 0 Å². The van der Waals surface area contributed by atoms with Gasteiger partial charge in [0.2, 0.25) is 5.91 Å². The summed E-state index contributed by atoms with van der Waals surface area (Å²) in [5.41, 5.74) is 6.68. The Kier molecular flexibility index (Phi) is 4.63. The van der Waals surface area contributed by atoms with Crippen LogP contribution in [-0.2, 0) is 4.79 Å². The fraction of sp³-hybridized carbons (Fsp3) is 0.462. The highest BCUT2D eigenvalue weighted by molar-refractivity contribution is 5.79. The van der Waals surface area contributed by atoms with Crippen LogP contribution < -0.4 is 11.1 Å². The lowest BCUT2D eigenvalue weighted by atomic mass is 10.0. The standard InChI is InChI=1S/C13H19FN2O/c1-4-12(13(15)17)16-9(3)10-6-5-8(2)11(14)7-10/h5-7,9,12,16H,4H2,1-3H3,(H2,15,17). The highest BCUT2D eigenvalue weighted by Crippen LogP contribution is 2.17. The molecule has 1 aromatic carbocycles. The second kappa shape index (κ2) is 5.77. The zero-order valence-corrected chi connectivity index (χ0v) is 10.5. The number of primary amides is 1. The molecule has 0 spiro atoms. The monoisotopic (exact) mass is 238 g/mol. The minimum atomic E-state index is -0.382. The molecule has 4 heteroatoms. The van der Waals surface area contributed by atoms with Gasteiger partial charge < -0.3 is 5.73 Å². The summed E-state index contributed by atoms with van der Waals surface area (Å²) in [6, 6.07) is 4.58. The summed E-state index contributed by atoms with van der Waals surface area (Å²) in [6.07, 6.45) is 0.619. The van der Waals surface area contributed by atoms with Crippen molar-refractivity contribution in [2.45, 2.75) is 39.3 Å². The third kappa shape index (κ3) is 3.53. The van der Waals surface area contributed by atoms with Crippen LogP contribution in [0.1, 0.15) is 37.4 Å². The molecule has 3 N–H and O–H groups in total. The summed E-state index contributed by atoms with van der Waals surface area (Å²) in [7, 11) is 0. The first-order valence-electron chi connectivity index (χ1n) is 5.77. The number of rotatable bonds is 5. The fourth-order valence-corrected chi connectivity index (χ4v) is 1.68. The predicted molar refractivity (Wildman–Crippen MR) is 66.0 cm³/mol. The first-order chi connectivity index (χ1) is 7.95. The van der Waals surface area contributed by atoms with Crippen LogP contribution in [0.15, 0.2) is 18.2 Å². The summed E-state index contributed by atoms with van der Waals surface area (Å²) in [5, 5.41) is 3.09. The molecule has 0 aromatic heterocycles. The van der Waals surface area contributed by atoms with Gasteiger partial charge in [0.05, 0.1) is 6.04 Å². The third-order valence-corrected chi connectivity index (χ3v) is 2.90. The minimum Gasteiger partial charge on any atom is -0.368 e. The highest BCUT2D eigenvalue weighted by Gasteiger charge is 2.16. The first kappa shape index (κ1) is 13.6. The molecule has 0 aliphatic carbocycles. The van der Waals surface area contributed by atoms with E-state index in [0.29, 0.717) is 12.0 Å². The van der Waals surface area contributed by atoms with Crippen LogP contribution in [-0.4, -0.2) is 11.9 Å². The molecular weight excluding hydrogens is 219 g/mol. The van der Waals surface area contributed by atoms with Gasteiger partial charge in [-0.1, -0.05) is 19.1 Å². The van der Waals surface area contributed by atoms with Crippen LogP contribution in [0.2, 0.25) is 0 Å². The van der Waals surface area contributed by atoms with Crippen molar-refractivity contribution in [1.29, 1.82) is 0 Å². The number of carbonyl (C=O) groups excluding carboxylic acids is 1. The molecule has 0 aliphatic heterocycles. The molecule has 0 heterocycles. The zero-order chi connectivity index (χ0) is 13.0. The molecule has 0 fully saturated rings. The normalized spacial score (nSPS) is 14.4. The topological polar surface area (TPSA) is 55.1 Å². The van der Waals surface area contributed by atoms with Gasteiger partial charge in [0.1, 0.15) is 5.82 Å². The van der Waals surface area contributed by atoms with Crippen molar-refractivity contribution in [3.05, 3.63) is 35.1 Å². The molecule has 3 nitrogen and oxygen atoms in total. The maximum atomic E-state index is 13.4. The molecule has 0 bridgehead atoms. The van der Waals surface area contributed by atoms with Crippen molar-refractivity contribution in [3.63, 3.8) is 0 Å². The van der Waals surface area contributed by atoms with Gasteiger partial charge in [0.15, 0.2) is 0 Å². The molecule has 2 atom stereocenters. The van der Waals surface area contributed by atoms with E-state index in [1.54, 1.807) is 13.0 Å². The number of carbonyl (C=O) groups is 1. The summed E-state index contributed by atoms with van der Waals surface area (Å²) < 4.78 is 13.4. The molecule has 1 amide bonds. The molecule has 2 unspecified atom stereocenters. The Morgan fingerprint density at radius 1 is 1.53 bits per heavy atom. The minimum absolute atomic E-state index is 0.109. The van der Waals surface area contributed by atoms with Crippen LogP contribution in [0.4, 0.5) is 4.39 Å². The Balaban J connectivity index is 2.78. The van der Waals surface area contributed by atoms with Crippen molar-refractivity contribution in [3.8, 4) is 0 Å². The molecule has 0 saturated carbocycles. The second-order valence-electron chi connectivity index (χ2n) is 4.26. The highest BCUT2D eigenvalue weighted by atomic mass is 19.1. The van der Waals surface area contributed by atoms with Crippen molar-refractivity contribution < 1.29 is 9.18 Å². The van der Waals surface area contributed by atoms with Gasteiger partial charge in [-0.05, 0) is 37.5 Å². The van der Waals surface area contributed by atoms with E-state index < -0.39 is 0 Å². The summed E-state index contributed by atoms with van der Waals surface area (Å²) >= 11 is 0. The van der Waals surface area contributed by atoms with Gasteiger partial charge in [-0.25, -0.2) is 4.39 Å². The number of hydrogen-bond acceptors (Lipinski definition) is 2. The maximum Gasteiger partial charge on any atom is 0.234 e. The van der Waals surface area contributed by atoms with Crippen molar-refractivity contribution in [2.75, 3.05) is 0 Å². The van der Waals surface area contributed by atoms with Crippen LogP contribution in [0.25, 0.3) is 0 Å². The Morgan fingerprint density at radius 3 is 2.65 bits per heavy atom. The second-order valence-corrected chi connectivity index (χ2v) is 4.26. The lowest BCUT2D eigenvalue weighted by Crippen LogP contribution is -2.41. The van der Waals surface area contributed by atoms with Crippen LogP contribution in [0.5, 0.6) is 0 Å². The molecule has 1 aromatic rings. The van der Waals surface area contributed by atoms with Crippen molar-refractivity contribution >= 4 is 5.91 Å². The number of hydrogen-bond donors (Lipinski definition) is 2. The lowest BCUT2D eigenvalue weighted by molar-refractivity contribution is -0.120. The van der Waals surface area contributed by atoms with Crippen molar-refractivity contribution in [2.24, 2.45) is 5.73 Å². The molecule has 94 valence electrons.